The molecule has 0 spiro atoms. The van der Waals surface area contributed by atoms with Crippen LogP contribution in [0.3, 0.4) is 0 Å². The topological polar surface area (TPSA) is 63.8 Å². The van der Waals surface area contributed by atoms with Gasteiger partial charge in [0, 0.05) is 17.5 Å². The van der Waals surface area contributed by atoms with Gasteiger partial charge in [-0.05, 0) is 25.0 Å². The third kappa shape index (κ3) is 3.54. The molecule has 0 fully saturated rings. The molecule has 0 aliphatic heterocycles. The molecule has 1 N–H and O–H groups in total. The number of rotatable bonds is 7. The molecule has 23 heavy (non-hydrogen) atoms. The maximum atomic E-state index is 9.31. The van der Waals surface area contributed by atoms with Gasteiger partial charge in [0.1, 0.15) is 16.9 Å². The molecule has 1 atom stereocenters. The number of imidazole rings is 1. The van der Waals surface area contributed by atoms with Gasteiger partial charge in [-0.25, -0.2) is 15.0 Å². The van der Waals surface area contributed by atoms with Crippen molar-refractivity contribution in [1.29, 1.82) is 0 Å². The maximum Gasteiger partial charge on any atom is 0.164 e. The molecular weight excluding hydrogens is 308 g/mol. The van der Waals surface area contributed by atoms with Gasteiger partial charge in [0.25, 0.3) is 0 Å². The Bertz CT molecular complexity index is 754. The van der Waals surface area contributed by atoms with Crippen molar-refractivity contribution in [1.82, 2.24) is 19.5 Å². The van der Waals surface area contributed by atoms with Crippen molar-refractivity contribution in [2.75, 3.05) is 6.61 Å². The van der Waals surface area contributed by atoms with Gasteiger partial charge in [0.2, 0.25) is 0 Å². The van der Waals surface area contributed by atoms with Gasteiger partial charge in [0.15, 0.2) is 5.65 Å². The molecule has 2 heterocycles. The Hall–Kier alpha value is -1.92. The molecular formula is C17H20N4OS. The molecule has 0 aliphatic carbocycles. The van der Waals surface area contributed by atoms with Crippen molar-refractivity contribution in [3.63, 3.8) is 0 Å². The van der Waals surface area contributed by atoms with Crippen LogP contribution in [0.2, 0.25) is 0 Å². The average Bonchev–Trinajstić information content (AvgIpc) is 3.01. The first-order valence-electron chi connectivity index (χ1n) is 7.84. The lowest BCUT2D eigenvalue weighted by molar-refractivity contribution is 0.253. The van der Waals surface area contributed by atoms with E-state index in [1.165, 1.54) is 0 Å². The van der Waals surface area contributed by atoms with Crippen molar-refractivity contribution in [3.05, 3.63) is 43.0 Å². The molecule has 0 unspecified atom stereocenters. The Balaban J connectivity index is 1.96. The summed E-state index contributed by atoms with van der Waals surface area (Å²) in [5.74, 6) is 0. The minimum Gasteiger partial charge on any atom is -0.396 e. The van der Waals surface area contributed by atoms with Gasteiger partial charge in [-0.1, -0.05) is 43.3 Å². The number of aliphatic hydroxyl groups is 1. The number of hydrogen-bond acceptors (Lipinski definition) is 5. The molecule has 1 aromatic carbocycles. The molecule has 0 radical (unpaired) electrons. The summed E-state index contributed by atoms with van der Waals surface area (Å²) in [4.78, 5) is 14.5. The average molecular weight is 328 g/mol. The van der Waals surface area contributed by atoms with Crippen LogP contribution in [0.25, 0.3) is 11.2 Å². The highest BCUT2D eigenvalue weighted by Crippen LogP contribution is 2.31. The fourth-order valence-electron chi connectivity index (χ4n) is 2.68. The number of benzene rings is 1. The summed E-state index contributed by atoms with van der Waals surface area (Å²) in [7, 11) is 0. The van der Waals surface area contributed by atoms with Crippen LogP contribution in [0.4, 0.5) is 0 Å². The first-order chi connectivity index (χ1) is 11.3. The van der Waals surface area contributed by atoms with Gasteiger partial charge in [0.05, 0.1) is 6.33 Å². The van der Waals surface area contributed by atoms with E-state index in [4.69, 9.17) is 0 Å². The molecule has 5 nitrogen and oxygen atoms in total. The van der Waals surface area contributed by atoms with Crippen molar-refractivity contribution in [3.8, 4) is 0 Å². The number of aromatic nitrogens is 4. The van der Waals surface area contributed by atoms with Crippen LogP contribution >= 0.6 is 11.8 Å². The summed E-state index contributed by atoms with van der Waals surface area (Å²) in [5, 5.41) is 10.2. The molecule has 120 valence electrons. The van der Waals surface area contributed by atoms with Crippen LogP contribution in [0.1, 0.15) is 32.2 Å². The molecule has 0 aliphatic rings. The molecule has 3 rings (SSSR count). The monoisotopic (exact) mass is 328 g/mol. The molecule has 3 aromatic rings. The molecule has 0 saturated heterocycles. The largest absolute Gasteiger partial charge is 0.396 e. The van der Waals surface area contributed by atoms with E-state index in [2.05, 4.69) is 38.6 Å². The standard InChI is InChI=1S/C17H20N4OS/c1-2-6-13(9-10-22)21-12-20-15-16(21)18-11-19-17(15)23-14-7-4-3-5-8-14/h3-5,7-8,11-13,22H,2,6,9-10H2,1H3/t13-/m0/s1. The zero-order chi connectivity index (χ0) is 16.1. The van der Waals surface area contributed by atoms with E-state index < -0.39 is 0 Å². The number of fused-ring (bicyclic) bond motifs is 1. The maximum absolute atomic E-state index is 9.31. The molecule has 0 saturated carbocycles. The molecule has 2 aromatic heterocycles. The predicted molar refractivity (Wildman–Crippen MR) is 91.5 cm³/mol. The Kier molecular flexibility index (Phi) is 5.25. The van der Waals surface area contributed by atoms with Crippen molar-refractivity contribution >= 4 is 22.9 Å². The van der Waals surface area contributed by atoms with Crippen molar-refractivity contribution < 1.29 is 5.11 Å². The van der Waals surface area contributed by atoms with Gasteiger partial charge in [-0.3, -0.25) is 0 Å². The summed E-state index contributed by atoms with van der Waals surface area (Å²) >= 11 is 1.59. The number of hydrogen-bond donors (Lipinski definition) is 1. The van der Waals surface area contributed by atoms with Crippen molar-refractivity contribution in [2.24, 2.45) is 0 Å². The van der Waals surface area contributed by atoms with Crippen LogP contribution in [0, 0.1) is 0 Å². The van der Waals surface area contributed by atoms with E-state index in [0.29, 0.717) is 6.42 Å². The third-order valence-corrected chi connectivity index (χ3v) is 4.76. The SMILES string of the molecule is CCC[C@@H](CCO)n1cnc2c(Sc3ccccc3)ncnc21. The zero-order valence-electron chi connectivity index (χ0n) is 13.1. The van der Waals surface area contributed by atoms with Crippen LogP contribution in [0.15, 0.2) is 52.9 Å². The minimum atomic E-state index is 0.168. The lowest BCUT2D eigenvalue weighted by atomic mass is 10.1. The smallest absolute Gasteiger partial charge is 0.164 e. The first-order valence-corrected chi connectivity index (χ1v) is 8.66. The number of aliphatic hydroxyl groups excluding tert-OH is 1. The minimum absolute atomic E-state index is 0.168. The van der Waals surface area contributed by atoms with Crippen molar-refractivity contribution in [2.45, 2.75) is 42.1 Å². The molecule has 0 amide bonds. The van der Waals surface area contributed by atoms with Gasteiger partial charge in [-0.15, -0.1) is 0 Å². The highest BCUT2D eigenvalue weighted by Gasteiger charge is 2.17. The second-order valence-corrected chi connectivity index (χ2v) is 6.43. The van der Waals surface area contributed by atoms with Gasteiger partial charge < -0.3 is 9.67 Å². The Morgan fingerprint density at radius 2 is 1.96 bits per heavy atom. The summed E-state index contributed by atoms with van der Waals surface area (Å²) in [6, 6.07) is 10.4. The second-order valence-electron chi connectivity index (χ2n) is 5.37. The van der Waals surface area contributed by atoms with Crippen LogP contribution in [-0.2, 0) is 0 Å². The quantitative estimate of drug-likeness (QED) is 0.670. The van der Waals surface area contributed by atoms with E-state index >= 15 is 0 Å². The van der Waals surface area contributed by atoms with E-state index in [1.807, 2.05) is 24.5 Å². The van der Waals surface area contributed by atoms with E-state index in [-0.39, 0.29) is 12.6 Å². The Morgan fingerprint density at radius 1 is 1.13 bits per heavy atom. The Labute approximate surface area is 139 Å². The van der Waals surface area contributed by atoms with E-state index in [9.17, 15) is 5.11 Å². The van der Waals surface area contributed by atoms with Gasteiger partial charge in [-0.2, -0.15) is 0 Å². The second kappa shape index (κ2) is 7.57. The fraction of sp³-hybridized carbons (Fsp3) is 0.353. The summed E-state index contributed by atoms with van der Waals surface area (Å²) in [6.45, 7) is 2.32. The highest BCUT2D eigenvalue weighted by atomic mass is 32.2. The van der Waals surface area contributed by atoms with Crippen LogP contribution in [-0.4, -0.2) is 31.2 Å². The zero-order valence-corrected chi connectivity index (χ0v) is 13.9. The highest BCUT2D eigenvalue weighted by molar-refractivity contribution is 7.99. The van der Waals surface area contributed by atoms with Gasteiger partial charge >= 0.3 is 0 Å². The summed E-state index contributed by atoms with van der Waals surface area (Å²) in [6.07, 6.45) is 6.18. The lowest BCUT2D eigenvalue weighted by Gasteiger charge is -2.17. The number of nitrogens with zero attached hydrogens (tertiary/aromatic N) is 4. The lowest BCUT2D eigenvalue weighted by Crippen LogP contribution is -2.10. The summed E-state index contributed by atoms with van der Waals surface area (Å²) in [5.41, 5.74) is 1.66. The Morgan fingerprint density at radius 3 is 2.70 bits per heavy atom. The molecule has 6 heteroatoms. The van der Waals surface area contributed by atoms with E-state index in [0.717, 1.165) is 33.9 Å². The summed E-state index contributed by atoms with van der Waals surface area (Å²) < 4.78 is 2.08. The predicted octanol–water partition coefficient (Wildman–Crippen LogP) is 3.70. The fourth-order valence-corrected chi connectivity index (χ4v) is 3.53. The molecule has 0 bridgehead atoms. The van der Waals surface area contributed by atoms with Crippen LogP contribution < -0.4 is 0 Å². The van der Waals surface area contributed by atoms with Crippen LogP contribution in [0.5, 0.6) is 0 Å². The normalized spacial score (nSPS) is 12.6. The van der Waals surface area contributed by atoms with E-state index in [1.54, 1.807) is 18.1 Å². The first kappa shape index (κ1) is 16.0. The third-order valence-electron chi connectivity index (χ3n) is 3.76.